The first-order chi connectivity index (χ1) is 8.04. The summed E-state index contributed by atoms with van der Waals surface area (Å²) in [7, 11) is -3.36. The molecule has 0 aromatic heterocycles. The number of nitrogens with one attached hydrogen (secondary N) is 1. The van der Waals surface area contributed by atoms with E-state index >= 15 is 0 Å². The van der Waals surface area contributed by atoms with Gasteiger partial charge in [-0.15, -0.1) is 0 Å². The van der Waals surface area contributed by atoms with Crippen molar-refractivity contribution in [2.45, 2.75) is 17.2 Å². The van der Waals surface area contributed by atoms with Gasteiger partial charge in [-0.1, -0.05) is 29.5 Å². The quantitative estimate of drug-likeness (QED) is 0.883. The van der Waals surface area contributed by atoms with Crippen molar-refractivity contribution in [2.75, 3.05) is 12.8 Å². The summed E-state index contributed by atoms with van der Waals surface area (Å²) in [6.07, 6.45) is 1.87. The van der Waals surface area contributed by atoms with E-state index in [1.165, 1.54) is 11.8 Å². The van der Waals surface area contributed by atoms with E-state index < -0.39 is 15.2 Å². The van der Waals surface area contributed by atoms with Crippen LogP contribution >= 0.6 is 11.8 Å². The third kappa shape index (κ3) is 2.47. The molecule has 1 aliphatic heterocycles. The Labute approximate surface area is 105 Å². The number of hydrogen-bond donors (Lipinski definition) is 1. The van der Waals surface area contributed by atoms with Crippen molar-refractivity contribution in [3.8, 4) is 0 Å². The summed E-state index contributed by atoms with van der Waals surface area (Å²) in [6.45, 7) is 2.28. The van der Waals surface area contributed by atoms with Crippen molar-refractivity contribution >= 4 is 26.8 Å². The Morgan fingerprint density at radius 1 is 1.35 bits per heavy atom. The lowest BCUT2D eigenvalue weighted by atomic mass is 10.2. The molecule has 1 aliphatic rings. The average Bonchev–Trinajstić information content (AvgIpc) is 2.78. The van der Waals surface area contributed by atoms with E-state index in [-0.39, 0.29) is 0 Å². The molecule has 1 aromatic carbocycles. The number of aliphatic imine (C=N–C) groups is 1. The molecule has 0 bridgehead atoms. The zero-order chi connectivity index (χ0) is 12.5. The van der Waals surface area contributed by atoms with Crippen LogP contribution in [0.15, 0.2) is 34.2 Å². The van der Waals surface area contributed by atoms with Crippen LogP contribution in [0.1, 0.15) is 5.56 Å². The highest BCUT2D eigenvalue weighted by Crippen LogP contribution is 2.20. The molecule has 4 nitrogen and oxygen atoms in total. The monoisotopic (exact) mass is 270 g/mol. The van der Waals surface area contributed by atoms with Crippen LogP contribution in [-0.4, -0.2) is 31.8 Å². The first-order valence-electron chi connectivity index (χ1n) is 5.20. The van der Waals surface area contributed by atoms with Crippen molar-refractivity contribution in [3.05, 3.63) is 29.8 Å². The van der Waals surface area contributed by atoms with Gasteiger partial charge in [-0.2, -0.15) is 0 Å². The molecular weight excluding hydrogens is 256 g/mol. The summed E-state index contributed by atoms with van der Waals surface area (Å²) in [4.78, 5) is 4.49. The second-order valence-corrected chi connectivity index (χ2v) is 6.73. The maximum absolute atomic E-state index is 12.3. The summed E-state index contributed by atoms with van der Waals surface area (Å²) in [5.41, 5.74) is 1.04. The minimum Gasteiger partial charge on any atom is -0.362 e. The molecule has 0 spiro atoms. The predicted octanol–water partition coefficient (Wildman–Crippen LogP) is 1.42. The Kier molecular flexibility index (Phi) is 3.44. The number of rotatable bonds is 2. The molecule has 0 saturated carbocycles. The largest absolute Gasteiger partial charge is 0.362 e. The zero-order valence-electron chi connectivity index (χ0n) is 9.67. The number of aryl methyl sites for hydroxylation is 1. The smallest absolute Gasteiger partial charge is 0.203 e. The molecule has 1 unspecified atom stereocenters. The van der Waals surface area contributed by atoms with E-state index in [4.69, 9.17) is 0 Å². The van der Waals surface area contributed by atoms with Gasteiger partial charge < -0.3 is 5.32 Å². The summed E-state index contributed by atoms with van der Waals surface area (Å²) >= 11 is 1.42. The Morgan fingerprint density at radius 2 is 2.00 bits per heavy atom. The fourth-order valence-electron chi connectivity index (χ4n) is 1.59. The normalized spacial score (nSPS) is 19.9. The van der Waals surface area contributed by atoms with Gasteiger partial charge in [0.25, 0.3) is 0 Å². The number of hydrogen-bond acceptors (Lipinski definition) is 5. The number of thioether (sulfide) groups is 1. The van der Waals surface area contributed by atoms with Gasteiger partial charge in [0.05, 0.1) is 11.4 Å². The second kappa shape index (κ2) is 4.70. The molecule has 17 heavy (non-hydrogen) atoms. The lowest BCUT2D eigenvalue weighted by molar-refractivity contribution is 0.583. The third-order valence-corrected chi connectivity index (χ3v) is 5.14. The Morgan fingerprint density at radius 3 is 2.53 bits per heavy atom. The van der Waals surface area contributed by atoms with Gasteiger partial charge in [0, 0.05) is 0 Å². The molecule has 1 heterocycles. The molecule has 0 fully saturated rings. The number of benzene rings is 1. The molecule has 6 heteroatoms. The van der Waals surface area contributed by atoms with Crippen molar-refractivity contribution < 1.29 is 8.42 Å². The molecule has 0 amide bonds. The Balaban J connectivity index is 2.31. The zero-order valence-corrected chi connectivity index (χ0v) is 11.3. The van der Waals surface area contributed by atoms with Crippen LogP contribution in [0.3, 0.4) is 0 Å². The summed E-state index contributed by atoms with van der Waals surface area (Å²) in [6, 6.07) is 6.87. The fourth-order valence-corrected chi connectivity index (χ4v) is 3.49. The molecule has 92 valence electrons. The highest BCUT2D eigenvalue weighted by Gasteiger charge is 2.30. The van der Waals surface area contributed by atoms with E-state index in [9.17, 15) is 8.42 Å². The first kappa shape index (κ1) is 12.4. The second-order valence-electron chi connectivity index (χ2n) is 3.83. The molecule has 1 N–H and O–H groups in total. The predicted molar refractivity (Wildman–Crippen MR) is 71.1 cm³/mol. The lowest BCUT2D eigenvalue weighted by Gasteiger charge is -2.08. The van der Waals surface area contributed by atoms with E-state index in [1.54, 1.807) is 24.3 Å². The van der Waals surface area contributed by atoms with Crippen LogP contribution in [0.5, 0.6) is 0 Å². The maximum atomic E-state index is 12.3. The van der Waals surface area contributed by atoms with Gasteiger partial charge in [0.1, 0.15) is 0 Å². The van der Waals surface area contributed by atoms with Gasteiger partial charge in [-0.25, -0.2) is 13.4 Å². The van der Waals surface area contributed by atoms with Crippen LogP contribution in [0.4, 0.5) is 0 Å². The highest BCUT2D eigenvalue weighted by atomic mass is 32.2. The maximum Gasteiger partial charge on any atom is 0.203 e. The summed E-state index contributed by atoms with van der Waals surface area (Å²) in [5, 5.41) is 2.96. The minimum absolute atomic E-state index is 0.334. The van der Waals surface area contributed by atoms with E-state index in [2.05, 4.69) is 10.3 Å². The molecule has 0 saturated heterocycles. The Bertz CT molecular complexity index is 535. The molecule has 0 radical (unpaired) electrons. The molecular formula is C11H14N2O2S2. The van der Waals surface area contributed by atoms with Gasteiger partial charge in [-0.3, -0.25) is 0 Å². The van der Waals surface area contributed by atoms with Crippen molar-refractivity contribution in [1.82, 2.24) is 5.32 Å². The SMILES string of the molecule is CSC1=NC(S(=O)(=O)c2ccc(C)cc2)CN1. The number of amidine groups is 1. The van der Waals surface area contributed by atoms with Crippen molar-refractivity contribution in [1.29, 1.82) is 0 Å². The fraction of sp³-hybridized carbons (Fsp3) is 0.364. The van der Waals surface area contributed by atoms with Gasteiger partial charge in [-0.05, 0) is 25.3 Å². The van der Waals surface area contributed by atoms with Crippen molar-refractivity contribution in [2.24, 2.45) is 4.99 Å². The van der Waals surface area contributed by atoms with Gasteiger partial charge in [0.15, 0.2) is 10.5 Å². The standard InChI is InChI=1S/C11H14N2O2S2/c1-8-3-5-9(6-4-8)17(14,15)10-7-12-11(13-10)16-2/h3-6,10H,7H2,1-2H3,(H,12,13). The number of sulfone groups is 1. The minimum atomic E-state index is -3.36. The van der Waals surface area contributed by atoms with Gasteiger partial charge >= 0.3 is 0 Å². The van der Waals surface area contributed by atoms with Crippen molar-refractivity contribution in [3.63, 3.8) is 0 Å². The molecule has 1 aromatic rings. The van der Waals surface area contributed by atoms with Crippen LogP contribution < -0.4 is 5.32 Å². The Hall–Kier alpha value is -1.01. The van der Waals surface area contributed by atoms with Crippen LogP contribution in [-0.2, 0) is 9.84 Å². The van der Waals surface area contributed by atoms with E-state index in [0.29, 0.717) is 16.6 Å². The first-order valence-corrected chi connectivity index (χ1v) is 7.97. The van der Waals surface area contributed by atoms with Crippen LogP contribution in [0.2, 0.25) is 0 Å². The lowest BCUT2D eigenvalue weighted by Crippen LogP contribution is -2.25. The van der Waals surface area contributed by atoms with Crippen LogP contribution in [0, 0.1) is 6.92 Å². The summed E-state index contributed by atoms with van der Waals surface area (Å²) in [5.74, 6) is 0. The summed E-state index contributed by atoms with van der Waals surface area (Å²) < 4.78 is 24.5. The number of nitrogens with zero attached hydrogens (tertiary/aromatic N) is 1. The third-order valence-electron chi connectivity index (χ3n) is 2.59. The van der Waals surface area contributed by atoms with E-state index in [0.717, 1.165) is 5.56 Å². The van der Waals surface area contributed by atoms with Crippen LogP contribution in [0.25, 0.3) is 0 Å². The van der Waals surface area contributed by atoms with Gasteiger partial charge in [0.2, 0.25) is 9.84 Å². The molecule has 0 aliphatic carbocycles. The molecule has 1 atom stereocenters. The highest BCUT2D eigenvalue weighted by molar-refractivity contribution is 8.13. The molecule has 2 rings (SSSR count). The average molecular weight is 270 g/mol. The van der Waals surface area contributed by atoms with E-state index in [1.807, 2.05) is 13.2 Å². The topological polar surface area (TPSA) is 58.5 Å².